The van der Waals surface area contributed by atoms with E-state index in [1.807, 2.05) is 54.6 Å². The molecule has 1 fully saturated rings. The van der Waals surface area contributed by atoms with Gasteiger partial charge in [-0.2, -0.15) is 0 Å². The number of nitrogens with one attached hydrogen (secondary N) is 3. The summed E-state index contributed by atoms with van der Waals surface area (Å²) in [7, 11) is 0. The van der Waals surface area contributed by atoms with Crippen molar-refractivity contribution >= 4 is 23.7 Å². The van der Waals surface area contributed by atoms with Gasteiger partial charge in [-0.3, -0.25) is 0 Å². The van der Waals surface area contributed by atoms with Crippen LogP contribution < -0.4 is 20.7 Å². The monoisotopic (exact) mass is 640 g/mol. The van der Waals surface area contributed by atoms with E-state index in [1.165, 1.54) is 0 Å². The fourth-order valence-corrected chi connectivity index (χ4v) is 6.34. The van der Waals surface area contributed by atoms with Gasteiger partial charge in [0.05, 0.1) is 22.7 Å². The molecule has 6 N–H and O–H groups in total. The Kier molecular flexibility index (Phi) is 10.3. The number of carboxylic acid groups (broad SMARTS) is 2. The molecule has 0 spiro atoms. The number of aliphatic carboxylic acids is 2. The van der Waals surface area contributed by atoms with Crippen LogP contribution in [0.5, 0.6) is 11.5 Å². The first-order valence-electron chi connectivity index (χ1n) is 15.6. The maximum Gasteiger partial charge on any atom is 0.334 e. The van der Waals surface area contributed by atoms with Gasteiger partial charge in [0, 0.05) is 42.3 Å². The number of rotatable bonds is 11. The van der Waals surface area contributed by atoms with Crippen LogP contribution in [0.4, 0.5) is 10.5 Å². The number of hydrogen-bond acceptors (Lipinski definition) is 7. The maximum absolute atomic E-state index is 12.7. The molecule has 11 heteroatoms. The second-order valence-corrected chi connectivity index (χ2v) is 11.9. The van der Waals surface area contributed by atoms with Gasteiger partial charge in [0.2, 0.25) is 0 Å². The van der Waals surface area contributed by atoms with E-state index in [0.717, 1.165) is 12.1 Å². The number of allylic oxidation sites excluding steroid dienone is 2. The zero-order valence-electron chi connectivity index (χ0n) is 26.5. The van der Waals surface area contributed by atoms with Crippen molar-refractivity contribution < 1.29 is 34.4 Å². The van der Waals surface area contributed by atoms with Crippen LogP contribution in [-0.2, 0) is 15.2 Å². The zero-order valence-corrected chi connectivity index (χ0v) is 26.5. The molecule has 0 unspecified atom stereocenters. The van der Waals surface area contributed by atoms with Gasteiger partial charge in [-0.25, -0.2) is 14.4 Å². The minimum Gasteiger partial charge on any atom is -0.478 e. The number of benzene rings is 3. The van der Waals surface area contributed by atoms with E-state index in [-0.39, 0.29) is 11.1 Å². The van der Waals surface area contributed by atoms with Crippen LogP contribution in [0.15, 0.2) is 101 Å². The molecule has 47 heavy (non-hydrogen) atoms. The number of nitrogens with zero attached hydrogens (tertiary/aromatic N) is 1. The molecule has 246 valence electrons. The first kappa shape index (κ1) is 33.2. The zero-order chi connectivity index (χ0) is 33.6. The number of amides is 2. The second kappa shape index (κ2) is 14.5. The normalized spacial score (nSPS) is 16.7. The van der Waals surface area contributed by atoms with Gasteiger partial charge in [0.1, 0.15) is 11.5 Å². The summed E-state index contributed by atoms with van der Waals surface area (Å²) in [6.45, 7) is 5.76. The van der Waals surface area contributed by atoms with Gasteiger partial charge >= 0.3 is 18.0 Å². The van der Waals surface area contributed by atoms with Gasteiger partial charge < -0.3 is 40.9 Å². The van der Waals surface area contributed by atoms with Gasteiger partial charge in [-0.05, 0) is 75.5 Å². The number of urea groups is 1. The number of aliphatic hydroxyl groups is 1. The van der Waals surface area contributed by atoms with Crippen molar-refractivity contribution in [3.05, 3.63) is 113 Å². The van der Waals surface area contributed by atoms with E-state index in [2.05, 4.69) is 20.9 Å². The number of para-hydroxylation sites is 2. The summed E-state index contributed by atoms with van der Waals surface area (Å²) in [5, 5.41) is 39.8. The van der Waals surface area contributed by atoms with E-state index in [1.54, 1.807) is 38.1 Å². The Morgan fingerprint density at radius 3 is 2.19 bits per heavy atom. The molecule has 3 aromatic carbocycles. The van der Waals surface area contributed by atoms with Crippen LogP contribution >= 0.6 is 0 Å². The average molecular weight is 641 g/mol. The standard InChI is InChI=1S/C36H40N4O7/c1-23-30(33(41)42)32(31(34(43)44)24(2)38-23)25-10-8-11-26(22-25)39-35(45)37-18-9-19-40-20-16-36(46,17-21-40)28-14-6-7-15-29(28)47-27-12-4-3-5-13-27/h3-8,10-15,22,32,38,46H,9,16-21H2,1-2H3,(H,41,42)(H,43,44)(H2,37,39,45). The second-order valence-electron chi connectivity index (χ2n) is 11.9. The predicted octanol–water partition coefficient (Wildman–Crippen LogP) is 5.38. The van der Waals surface area contributed by atoms with Crippen LogP contribution in [0, 0.1) is 0 Å². The van der Waals surface area contributed by atoms with Crippen LogP contribution in [0.1, 0.15) is 50.2 Å². The molecule has 11 nitrogen and oxygen atoms in total. The Hall–Kier alpha value is -5.13. The Labute approximate surface area is 273 Å². The highest BCUT2D eigenvalue weighted by Gasteiger charge is 2.37. The number of ether oxygens (including phenoxy) is 1. The highest BCUT2D eigenvalue weighted by Crippen LogP contribution is 2.40. The minimum atomic E-state index is -1.22. The lowest BCUT2D eigenvalue weighted by molar-refractivity contribution is -0.133. The van der Waals surface area contributed by atoms with Gasteiger partial charge in [0.15, 0.2) is 0 Å². The van der Waals surface area contributed by atoms with E-state index < -0.39 is 29.5 Å². The van der Waals surface area contributed by atoms with Crippen molar-refractivity contribution in [1.82, 2.24) is 15.5 Å². The number of dihydropyridines is 1. The first-order chi connectivity index (χ1) is 22.6. The summed E-state index contributed by atoms with van der Waals surface area (Å²) in [4.78, 5) is 39.2. The molecule has 0 bridgehead atoms. The van der Waals surface area contributed by atoms with Crippen LogP contribution in [-0.4, -0.2) is 64.4 Å². The third-order valence-electron chi connectivity index (χ3n) is 8.68. The number of likely N-dealkylation sites (tertiary alicyclic amines) is 1. The number of piperidine rings is 1. The number of anilines is 1. The Morgan fingerprint density at radius 2 is 1.53 bits per heavy atom. The summed E-state index contributed by atoms with van der Waals surface area (Å²) in [6.07, 6.45) is 1.81. The first-order valence-corrected chi connectivity index (χ1v) is 15.6. The molecule has 3 aromatic rings. The largest absolute Gasteiger partial charge is 0.478 e. The SMILES string of the molecule is CC1=C(C(=O)O)C(c2cccc(NC(=O)NCCCN3CCC(O)(c4ccccc4Oc4ccccc4)CC3)c2)C(C(=O)O)=C(C)N1. The van der Waals surface area contributed by atoms with Gasteiger partial charge in [-0.15, -0.1) is 0 Å². The molecule has 5 rings (SSSR count). The minimum absolute atomic E-state index is 0.0597. The lowest BCUT2D eigenvalue weighted by atomic mass is 9.80. The van der Waals surface area contributed by atoms with Crippen molar-refractivity contribution in [3.8, 4) is 11.5 Å². The predicted molar refractivity (Wildman–Crippen MR) is 177 cm³/mol. The van der Waals surface area contributed by atoms with E-state index in [9.17, 15) is 29.7 Å². The van der Waals surface area contributed by atoms with Gasteiger partial charge in [0.25, 0.3) is 0 Å². The van der Waals surface area contributed by atoms with Crippen LogP contribution in [0.2, 0.25) is 0 Å². The topological polar surface area (TPSA) is 160 Å². The fraction of sp³-hybridized carbons (Fsp3) is 0.306. The average Bonchev–Trinajstić information content (AvgIpc) is 3.04. The molecule has 0 atom stereocenters. The number of carboxylic acids is 2. The number of hydrogen-bond donors (Lipinski definition) is 6. The maximum atomic E-state index is 12.7. The van der Waals surface area contributed by atoms with E-state index in [4.69, 9.17) is 4.74 Å². The quantitative estimate of drug-likeness (QED) is 0.151. The number of carbonyl (C=O) groups excluding carboxylic acids is 1. The smallest absolute Gasteiger partial charge is 0.334 e. The summed E-state index contributed by atoms with van der Waals surface area (Å²) in [5.41, 5.74) is 1.24. The Morgan fingerprint density at radius 1 is 0.894 bits per heavy atom. The van der Waals surface area contributed by atoms with Crippen molar-refractivity contribution in [1.29, 1.82) is 0 Å². The van der Waals surface area contributed by atoms with Gasteiger partial charge in [-0.1, -0.05) is 48.5 Å². The molecule has 0 radical (unpaired) electrons. The highest BCUT2D eigenvalue weighted by molar-refractivity contribution is 5.98. The molecular formula is C36H40N4O7. The molecule has 2 amide bonds. The Bertz CT molecular complexity index is 1660. The van der Waals surface area contributed by atoms with Crippen molar-refractivity contribution in [2.45, 2.75) is 44.6 Å². The van der Waals surface area contributed by atoms with E-state index in [0.29, 0.717) is 73.0 Å². The molecule has 0 aromatic heterocycles. The lowest BCUT2D eigenvalue weighted by Crippen LogP contribution is -2.43. The third-order valence-corrected chi connectivity index (χ3v) is 8.68. The summed E-state index contributed by atoms with van der Waals surface area (Å²) >= 11 is 0. The summed E-state index contributed by atoms with van der Waals surface area (Å²) in [5.74, 6) is -2.09. The summed E-state index contributed by atoms with van der Waals surface area (Å²) in [6, 6.07) is 23.3. The Balaban J connectivity index is 1.12. The van der Waals surface area contributed by atoms with Crippen molar-refractivity contribution in [3.63, 3.8) is 0 Å². The van der Waals surface area contributed by atoms with Crippen LogP contribution in [0.25, 0.3) is 0 Å². The number of carbonyl (C=O) groups is 3. The van der Waals surface area contributed by atoms with Crippen molar-refractivity contribution in [2.24, 2.45) is 0 Å². The molecular weight excluding hydrogens is 600 g/mol. The lowest BCUT2D eigenvalue weighted by Gasteiger charge is -2.39. The molecule has 2 heterocycles. The van der Waals surface area contributed by atoms with Crippen molar-refractivity contribution in [2.75, 3.05) is 31.5 Å². The third kappa shape index (κ3) is 7.82. The molecule has 0 aliphatic carbocycles. The molecule has 2 aliphatic rings. The summed E-state index contributed by atoms with van der Waals surface area (Å²) < 4.78 is 6.10. The molecule has 0 saturated carbocycles. The fourth-order valence-electron chi connectivity index (χ4n) is 6.34. The highest BCUT2D eigenvalue weighted by atomic mass is 16.5. The van der Waals surface area contributed by atoms with Crippen LogP contribution in [0.3, 0.4) is 0 Å². The van der Waals surface area contributed by atoms with E-state index >= 15 is 0 Å². The molecule has 1 saturated heterocycles. The molecule has 2 aliphatic heterocycles.